The van der Waals surface area contributed by atoms with Crippen LogP contribution in [0.3, 0.4) is 0 Å². The van der Waals surface area contributed by atoms with Gasteiger partial charge in [0.15, 0.2) is 5.69 Å². The zero-order valence-corrected chi connectivity index (χ0v) is 15.4. The molecule has 0 unspecified atom stereocenters. The first-order valence-corrected chi connectivity index (χ1v) is 7.84. The van der Waals surface area contributed by atoms with Gasteiger partial charge in [0.2, 0.25) is 5.88 Å². The number of anilines is 1. The lowest BCUT2D eigenvalue weighted by atomic mass is 10.1. The lowest BCUT2D eigenvalue weighted by Gasteiger charge is -2.26. The van der Waals surface area contributed by atoms with E-state index in [2.05, 4.69) is 11.6 Å². The summed E-state index contributed by atoms with van der Waals surface area (Å²) in [6.07, 6.45) is -4.24. The average Bonchev–Trinajstić information content (AvgIpc) is 2.51. The summed E-state index contributed by atoms with van der Waals surface area (Å²) in [4.78, 5) is 27.8. The van der Waals surface area contributed by atoms with E-state index in [-0.39, 0.29) is 13.0 Å². The van der Waals surface area contributed by atoms with Crippen LogP contribution in [0.15, 0.2) is 18.7 Å². The normalized spacial score (nSPS) is 11.7. The maximum atomic E-state index is 13.4. The Hall–Kier alpha value is -2.78. The fourth-order valence-electron chi connectivity index (χ4n) is 1.88. The number of nitrogens with zero attached hydrogens (tertiary/aromatic N) is 2. The number of ether oxygens (including phenoxy) is 2. The number of rotatable bonds is 6. The van der Waals surface area contributed by atoms with Gasteiger partial charge < -0.3 is 14.6 Å². The van der Waals surface area contributed by atoms with Gasteiger partial charge in [-0.05, 0) is 33.3 Å². The second kappa shape index (κ2) is 8.28. The topological polar surface area (TPSA) is 89.0 Å². The van der Waals surface area contributed by atoms with Crippen LogP contribution in [-0.4, -0.2) is 41.4 Å². The van der Waals surface area contributed by atoms with Crippen LogP contribution in [0.4, 0.5) is 23.7 Å². The molecule has 0 fully saturated rings. The molecule has 0 bridgehead atoms. The van der Waals surface area contributed by atoms with E-state index >= 15 is 0 Å². The Balaban J connectivity index is 3.47. The molecule has 0 saturated carbocycles. The Morgan fingerprint density at radius 3 is 2.37 bits per heavy atom. The minimum Gasteiger partial charge on any atom is -0.477 e. The summed E-state index contributed by atoms with van der Waals surface area (Å²) in [7, 11) is 1.09. The molecular formula is C17H21F3N2O5. The van der Waals surface area contributed by atoms with Crippen molar-refractivity contribution >= 4 is 17.7 Å². The largest absolute Gasteiger partial charge is 0.477 e. The number of carboxylic acid groups (broad SMARTS) is 1. The van der Waals surface area contributed by atoms with E-state index in [1.165, 1.54) is 6.08 Å². The summed E-state index contributed by atoms with van der Waals surface area (Å²) in [5, 5.41) is 9.32. The molecule has 27 heavy (non-hydrogen) atoms. The van der Waals surface area contributed by atoms with Gasteiger partial charge >= 0.3 is 18.2 Å². The van der Waals surface area contributed by atoms with E-state index in [4.69, 9.17) is 9.47 Å². The number of carboxylic acids is 1. The van der Waals surface area contributed by atoms with Crippen LogP contribution in [0, 0.1) is 0 Å². The van der Waals surface area contributed by atoms with Crippen LogP contribution in [0.1, 0.15) is 43.2 Å². The molecule has 1 rings (SSSR count). The number of carbonyl (C=O) groups excluding carboxylic acids is 1. The van der Waals surface area contributed by atoms with Crippen molar-refractivity contribution in [3.05, 3.63) is 30.0 Å². The highest BCUT2D eigenvalue weighted by Crippen LogP contribution is 2.38. The van der Waals surface area contributed by atoms with Crippen molar-refractivity contribution in [2.45, 2.75) is 39.0 Å². The Labute approximate surface area is 154 Å². The number of hydrogen-bond donors (Lipinski definition) is 1. The minimum atomic E-state index is -4.88. The lowest BCUT2D eigenvalue weighted by molar-refractivity contribution is -0.139. The summed E-state index contributed by atoms with van der Waals surface area (Å²) in [5.41, 5.74) is -3.57. The molecule has 7 nitrogen and oxygen atoms in total. The van der Waals surface area contributed by atoms with Gasteiger partial charge in [-0.15, -0.1) is 6.58 Å². The predicted molar refractivity (Wildman–Crippen MR) is 91.1 cm³/mol. The van der Waals surface area contributed by atoms with Crippen LogP contribution < -0.4 is 9.64 Å². The van der Waals surface area contributed by atoms with E-state index in [0.29, 0.717) is 11.0 Å². The van der Waals surface area contributed by atoms with Gasteiger partial charge in [-0.25, -0.2) is 14.6 Å². The third-order valence-electron chi connectivity index (χ3n) is 3.06. The van der Waals surface area contributed by atoms with E-state index in [1.54, 1.807) is 20.8 Å². The number of alkyl halides is 3. The summed E-state index contributed by atoms with van der Waals surface area (Å²) >= 11 is 0. The van der Waals surface area contributed by atoms with Gasteiger partial charge in [0.05, 0.1) is 12.3 Å². The molecule has 0 atom stereocenters. The molecule has 0 aliphatic heterocycles. The van der Waals surface area contributed by atoms with Crippen LogP contribution in [0.25, 0.3) is 0 Å². The molecule has 0 spiro atoms. The fraction of sp³-hybridized carbons (Fsp3) is 0.471. The van der Waals surface area contributed by atoms with Crippen molar-refractivity contribution in [1.82, 2.24) is 4.98 Å². The van der Waals surface area contributed by atoms with Gasteiger partial charge in [0.25, 0.3) is 0 Å². The number of halogens is 3. The first kappa shape index (κ1) is 22.3. The van der Waals surface area contributed by atoms with Crippen molar-refractivity contribution in [2.75, 3.05) is 18.6 Å². The third kappa shape index (κ3) is 6.15. The highest BCUT2D eigenvalue weighted by molar-refractivity contribution is 5.98. The smallest absolute Gasteiger partial charge is 0.421 e. The van der Waals surface area contributed by atoms with Gasteiger partial charge in [-0.3, -0.25) is 4.90 Å². The number of aromatic nitrogens is 1. The first-order valence-electron chi connectivity index (χ1n) is 7.84. The highest BCUT2D eigenvalue weighted by Gasteiger charge is 2.38. The zero-order chi connectivity index (χ0) is 21.0. The molecule has 0 aliphatic carbocycles. The van der Waals surface area contributed by atoms with Crippen molar-refractivity contribution in [3.8, 4) is 5.88 Å². The molecular weight excluding hydrogens is 369 g/mol. The highest BCUT2D eigenvalue weighted by atomic mass is 19.4. The summed E-state index contributed by atoms with van der Waals surface area (Å²) < 4.78 is 50.2. The van der Waals surface area contributed by atoms with E-state index in [9.17, 15) is 27.9 Å². The van der Waals surface area contributed by atoms with Crippen molar-refractivity contribution in [3.63, 3.8) is 0 Å². The second-order valence-corrected chi connectivity index (χ2v) is 6.48. The maximum Gasteiger partial charge on any atom is 0.421 e. The molecule has 10 heteroatoms. The van der Waals surface area contributed by atoms with Crippen molar-refractivity contribution in [1.29, 1.82) is 0 Å². The van der Waals surface area contributed by atoms with E-state index < -0.39 is 46.7 Å². The number of carbonyl (C=O) groups is 2. The van der Waals surface area contributed by atoms with Crippen LogP contribution in [0.2, 0.25) is 0 Å². The van der Waals surface area contributed by atoms with Crippen LogP contribution in [0.5, 0.6) is 5.88 Å². The van der Waals surface area contributed by atoms with Crippen molar-refractivity contribution < 1.29 is 37.3 Å². The van der Waals surface area contributed by atoms with E-state index in [0.717, 1.165) is 7.05 Å². The molecule has 0 aliphatic rings. The quantitative estimate of drug-likeness (QED) is 0.580. The molecule has 1 aromatic heterocycles. The predicted octanol–water partition coefficient (Wildman–Crippen LogP) is 4.12. The maximum absolute atomic E-state index is 13.4. The Morgan fingerprint density at radius 2 is 1.93 bits per heavy atom. The molecule has 0 radical (unpaired) electrons. The number of aromatic carboxylic acids is 1. The lowest BCUT2D eigenvalue weighted by Crippen LogP contribution is -2.35. The average molecular weight is 390 g/mol. The number of pyridine rings is 1. The second-order valence-electron chi connectivity index (χ2n) is 6.48. The molecule has 1 aromatic rings. The molecule has 1 N–H and O–H groups in total. The number of amides is 1. The Morgan fingerprint density at radius 1 is 1.33 bits per heavy atom. The molecule has 1 amide bonds. The van der Waals surface area contributed by atoms with E-state index in [1.807, 2.05) is 0 Å². The molecule has 0 saturated heterocycles. The standard InChI is InChI=1S/C17H21F3N2O5/c1-6-7-8-26-13-10(17(18,19)20)9-11(12(21-13)14(23)24)22(5)15(25)27-16(2,3)4/h6,9H,1,7-8H2,2-5H3,(H,23,24). The van der Waals surface area contributed by atoms with Crippen LogP contribution >= 0.6 is 0 Å². The van der Waals surface area contributed by atoms with Gasteiger partial charge in [-0.2, -0.15) is 13.2 Å². The Bertz CT molecular complexity index is 727. The summed E-state index contributed by atoms with van der Waals surface area (Å²) in [6.45, 7) is 7.94. The molecule has 0 aromatic carbocycles. The molecule has 150 valence electrons. The fourth-order valence-corrected chi connectivity index (χ4v) is 1.88. The first-order chi connectivity index (χ1) is 12.3. The Kier molecular flexibility index (Phi) is 6.82. The third-order valence-corrected chi connectivity index (χ3v) is 3.06. The SMILES string of the molecule is C=CCCOc1nc(C(=O)O)c(N(C)C(=O)OC(C)(C)C)cc1C(F)(F)F. The minimum absolute atomic E-state index is 0.167. The van der Waals surface area contributed by atoms with Gasteiger partial charge in [0, 0.05) is 7.05 Å². The molecule has 1 heterocycles. The number of hydrogen-bond acceptors (Lipinski definition) is 5. The van der Waals surface area contributed by atoms with Gasteiger partial charge in [0.1, 0.15) is 11.2 Å². The summed E-state index contributed by atoms with van der Waals surface area (Å²) in [5.74, 6) is -2.51. The van der Waals surface area contributed by atoms with Crippen molar-refractivity contribution in [2.24, 2.45) is 0 Å². The van der Waals surface area contributed by atoms with Crippen LogP contribution in [-0.2, 0) is 10.9 Å². The summed E-state index contributed by atoms with van der Waals surface area (Å²) in [6, 6.07) is 0.504. The zero-order valence-electron chi connectivity index (χ0n) is 15.4. The monoisotopic (exact) mass is 390 g/mol. The van der Waals surface area contributed by atoms with Gasteiger partial charge in [-0.1, -0.05) is 6.08 Å².